The van der Waals surface area contributed by atoms with Gasteiger partial charge in [-0.25, -0.2) is 4.68 Å². The molecular weight excluding hydrogens is 314 g/mol. The topological polar surface area (TPSA) is 49.2 Å². The van der Waals surface area contributed by atoms with Crippen molar-refractivity contribution < 1.29 is 9.47 Å². The molecule has 3 aromatic rings. The van der Waals surface area contributed by atoms with Gasteiger partial charge in [0.1, 0.15) is 17.2 Å². The van der Waals surface area contributed by atoms with E-state index in [0.717, 1.165) is 28.3 Å². The van der Waals surface area contributed by atoms with Gasteiger partial charge in [-0.2, -0.15) is 0 Å². The van der Waals surface area contributed by atoms with Crippen LogP contribution in [0.2, 0.25) is 0 Å². The van der Waals surface area contributed by atoms with Crippen molar-refractivity contribution in [3.8, 4) is 11.5 Å². The maximum Gasteiger partial charge on any atom is 0.119 e. The Morgan fingerprint density at radius 3 is 2.12 bits per heavy atom. The number of hydrogen-bond acceptors (Lipinski definition) is 4. The molecule has 3 rings (SSSR count). The number of methoxy groups -OCH3 is 2. The van der Waals surface area contributed by atoms with Crippen LogP contribution in [-0.2, 0) is 0 Å². The molecular formula is C20H19N3O2. The van der Waals surface area contributed by atoms with Gasteiger partial charge in [0.05, 0.1) is 20.4 Å². The molecule has 126 valence electrons. The number of hydrogen-bond donors (Lipinski definition) is 0. The van der Waals surface area contributed by atoms with E-state index in [2.05, 4.69) is 10.3 Å². The van der Waals surface area contributed by atoms with Gasteiger partial charge in [0.25, 0.3) is 0 Å². The molecule has 2 aromatic carbocycles. The maximum absolute atomic E-state index is 5.22. The first-order chi connectivity index (χ1) is 12.3. The molecule has 0 aliphatic rings. The first-order valence-corrected chi connectivity index (χ1v) is 7.83. The lowest BCUT2D eigenvalue weighted by Crippen LogP contribution is -1.86. The number of rotatable bonds is 6. The molecule has 0 N–H and O–H groups in total. The highest BCUT2D eigenvalue weighted by Gasteiger charge is 1.96. The molecule has 25 heavy (non-hydrogen) atoms. The zero-order chi connectivity index (χ0) is 17.5. The lowest BCUT2D eigenvalue weighted by atomic mass is 10.2. The second-order valence-electron chi connectivity index (χ2n) is 5.33. The molecule has 0 saturated heterocycles. The van der Waals surface area contributed by atoms with Crippen molar-refractivity contribution >= 4 is 24.4 Å². The summed E-state index contributed by atoms with van der Waals surface area (Å²) < 4.78 is 12.1. The summed E-state index contributed by atoms with van der Waals surface area (Å²) in [5, 5.41) is 8.23. The Labute approximate surface area is 146 Å². The fraction of sp³-hybridized carbons (Fsp3) is 0.100. The second kappa shape index (κ2) is 7.97. The molecule has 1 aromatic heterocycles. The van der Waals surface area contributed by atoms with Crippen molar-refractivity contribution in [2.24, 2.45) is 0 Å². The van der Waals surface area contributed by atoms with Crippen LogP contribution in [0, 0.1) is 0 Å². The molecule has 0 spiro atoms. The molecule has 0 aliphatic carbocycles. The average molecular weight is 333 g/mol. The largest absolute Gasteiger partial charge is 0.497 e. The molecule has 0 saturated carbocycles. The van der Waals surface area contributed by atoms with Crippen molar-refractivity contribution in [2.45, 2.75) is 0 Å². The molecule has 0 unspecified atom stereocenters. The molecule has 0 atom stereocenters. The van der Waals surface area contributed by atoms with Gasteiger partial charge in [-0.1, -0.05) is 35.6 Å². The number of nitrogens with zero attached hydrogens (tertiary/aromatic N) is 3. The Balaban J connectivity index is 1.69. The number of aromatic nitrogens is 3. The van der Waals surface area contributed by atoms with E-state index in [-0.39, 0.29) is 0 Å². The molecule has 5 nitrogen and oxygen atoms in total. The van der Waals surface area contributed by atoms with Crippen molar-refractivity contribution in [3.05, 3.63) is 71.5 Å². The van der Waals surface area contributed by atoms with E-state index in [4.69, 9.17) is 9.47 Å². The molecule has 1 heterocycles. The third-order valence-electron chi connectivity index (χ3n) is 3.58. The Morgan fingerprint density at radius 1 is 0.840 bits per heavy atom. The zero-order valence-corrected chi connectivity index (χ0v) is 14.2. The van der Waals surface area contributed by atoms with Crippen molar-refractivity contribution in [3.63, 3.8) is 0 Å². The molecule has 0 fully saturated rings. The van der Waals surface area contributed by atoms with E-state index >= 15 is 0 Å². The van der Waals surface area contributed by atoms with Gasteiger partial charge < -0.3 is 9.47 Å². The van der Waals surface area contributed by atoms with E-state index in [1.807, 2.05) is 79.2 Å². The van der Waals surface area contributed by atoms with Crippen LogP contribution in [0.5, 0.6) is 11.5 Å². The van der Waals surface area contributed by atoms with Gasteiger partial charge in [-0.3, -0.25) is 0 Å². The van der Waals surface area contributed by atoms with Crippen LogP contribution in [-0.4, -0.2) is 29.2 Å². The minimum Gasteiger partial charge on any atom is -0.497 e. The van der Waals surface area contributed by atoms with Gasteiger partial charge in [-0.05, 0) is 47.5 Å². The maximum atomic E-state index is 5.22. The summed E-state index contributed by atoms with van der Waals surface area (Å²) in [5.74, 6) is 1.65. The number of benzene rings is 2. The smallest absolute Gasteiger partial charge is 0.119 e. The van der Waals surface area contributed by atoms with Crippen molar-refractivity contribution in [1.29, 1.82) is 0 Å². The van der Waals surface area contributed by atoms with E-state index < -0.39 is 0 Å². The standard InChI is InChI=1S/C20H19N3O2/c1-24-19-7-3-5-16(13-19)9-10-18-15-23(22-21-18)12-11-17-6-4-8-20(14-17)25-2/h3-15H,1-2H3/b10-9+,12-11+. The van der Waals surface area contributed by atoms with Crippen LogP contribution in [0.25, 0.3) is 24.4 Å². The van der Waals surface area contributed by atoms with Gasteiger partial charge >= 0.3 is 0 Å². The third-order valence-corrected chi connectivity index (χ3v) is 3.58. The highest BCUT2D eigenvalue weighted by atomic mass is 16.5. The van der Waals surface area contributed by atoms with Crippen LogP contribution in [0.3, 0.4) is 0 Å². The Hall–Kier alpha value is -3.34. The summed E-state index contributed by atoms with van der Waals surface area (Å²) in [6.45, 7) is 0. The lowest BCUT2D eigenvalue weighted by molar-refractivity contribution is 0.414. The fourth-order valence-corrected chi connectivity index (χ4v) is 2.27. The Kier molecular flexibility index (Phi) is 5.26. The molecule has 0 aliphatic heterocycles. The van der Waals surface area contributed by atoms with Crippen molar-refractivity contribution in [2.75, 3.05) is 14.2 Å². The van der Waals surface area contributed by atoms with Crippen LogP contribution >= 0.6 is 0 Å². The van der Waals surface area contributed by atoms with Crippen molar-refractivity contribution in [1.82, 2.24) is 15.0 Å². The predicted molar refractivity (Wildman–Crippen MR) is 100 cm³/mol. The van der Waals surface area contributed by atoms with Gasteiger partial charge in [-0.15, -0.1) is 5.10 Å². The van der Waals surface area contributed by atoms with E-state index in [9.17, 15) is 0 Å². The SMILES string of the molecule is COc1cccc(/C=C/c2cn(/C=C/c3cccc(OC)c3)nn2)c1. The van der Waals surface area contributed by atoms with E-state index in [1.165, 1.54) is 0 Å². The highest BCUT2D eigenvalue weighted by Crippen LogP contribution is 2.15. The highest BCUT2D eigenvalue weighted by molar-refractivity contribution is 5.68. The Bertz CT molecular complexity index is 825. The summed E-state index contributed by atoms with van der Waals surface area (Å²) in [6.07, 6.45) is 9.55. The Morgan fingerprint density at radius 2 is 1.48 bits per heavy atom. The normalized spacial score (nSPS) is 11.3. The van der Waals surface area contributed by atoms with Gasteiger partial charge in [0, 0.05) is 6.20 Å². The van der Waals surface area contributed by atoms with Crippen LogP contribution in [0.15, 0.2) is 54.7 Å². The first kappa shape index (κ1) is 16.5. The predicted octanol–water partition coefficient (Wildman–Crippen LogP) is 4.09. The average Bonchev–Trinajstić information content (AvgIpc) is 3.13. The van der Waals surface area contributed by atoms with E-state index in [1.54, 1.807) is 18.9 Å². The summed E-state index contributed by atoms with van der Waals surface area (Å²) in [5.41, 5.74) is 2.85. The summed E-state index contributed by atoms with van der Waals surface area (Å²) in [6, 6.07) is 15.6. The summed E-state index contributed by atoms with van der Waals surface area (Å²) >= 11 is 0. The molecule has 5 heteroatoms. The quantitative estimate of drug-likeness (QED) is 0.681. The molecule has 0 bridgehead atoms. The van der Waals surface area contributed by atoms with E-state index in [0.29, 0.717) is 0 Å². The monoisotopic (exact) mass is 333 g/mol. The van der Waals surface area contributed by atoms with Gasteiger partial charge in [0.2, 0.25) is 0 Å². The third kappa shape index (κ3) is 4.57. The number of ether oxygens (including phenoxy) is 2. The summed E-state index contributed by atoms with van der Waals surface area (Å²) in [4.78, 5) is 0. The molecule has 0 radical (unpaired) electrons. The van der Waals surface area contributed by atoms with Crippen LogP contribution in [0.4, 0.5) is 0 Å². The second-order valence-corrected chi connectivity index (χ2v) is 5.33. The lowest BCUT2D eigenvalue weighted by Gasteiger charge is -1.99. The molecule has 0 amide bonds. The first-order valence-electron chi connectivity index (χ1n) is 7.83. The minimum absolute atomic E-state index is 0.776. The zero-order valence-electron chi connectivity index (χ0n) is 14.2. The van der Waals surface area contributed by atoms with Crippen LogP contribution in [0.1, 0.15) is 16.8 Å². The minimum atomic E-state index is 0.776. The van der Waals surface area contributed by atoms with Crippen LogP contribution < -0.4 is 9.47 Å². The van der Waals surface area contributed by atoms with Gasteiger partial charge in [0.15, 0.2) is 0 Å². The fourth-order valence-electron chi connectivity index (χ4n) is 2.27. The summed E-state index contributed by atoms with van der Waals surface area (Å²) in [7, 11) is 3.31.